The Balaban J connectivity index is 1.90. The van der Waals surface area contributed by atoms with Crippen molar-refractivity contribution in [3.63, 3.8) is 0 Å². The van der Waals surface area contributed by atoms with E-state index in [1.807, 2.05) is 18.2 Å². The largest absolute Gasteiger partial charge is 0.491 e. The molecule has 114 valence electrons. The van der Waals surface area contributed by atoms with E-state index < -0.39 is 0 Å². The molecule has 0 bridgehead atoms. The molecule has 0 radical (unpaired) electrons. The van der Waals surface area contributed by atoms with Crippen molar-refractivity contribution in [3.8, 4) is 17.6 Å². The number of rotatable bonds is 5. The van der Waals surface area contributed by atoms with Gasteiger partial charge in [0.05, 0.1) is 12.2 Å². The monoisotopic (exact) mass is 287 g/mol. The second-order valence-corrected chi connectivity index (χ2v) is 5.53. The molecular weight excluding hydrogens is 262 g/mol. The number of hydrogen-bond acceptors (Lipinski definition) is 3. The molecule has 3 heteroatoms. The van der Waals surface area contributed by atoms with Crippen molar-refractivity contribution in [2.75, 3.05) is 32.8 Å². The highest BCUT2D eigenvalue weighted by Crippen LogP contribution is 2.19. The molecule has 2 rings (SSSR count). The summed E-state index contributed by atoms with van der Waals surface area (Å²) >= 11 is 0. The zero-order valence-corrected chi connectivity index (χ0v) is 12.9. The molecule has 0 atom stereocenters. The lowest BCUT2D eigenvalue weighted by Gasteiger charge is -2.26. The number of aryl methyl sites for hydroxylation is 1. The smallest absolute Gasteiger partial charge is 0.134 e. The van der Waals surface area contributed by atoms with Crippen molar-refractivity contribution in [1.82, 2.24) is 4.90 Å². The Hall–Kier alpha value is -1.50. The summed E-state index contributed by atoms with van der Waals surface area (Å²) in [5.74, 6) is 6.91. The van der Waals surface area contributed by atoms with Crippen LogP contribution in [-0.2, 0) is 0 Å². The first-order valence-electron chi connectivity index (χ1n) is 7.85. The van der Waals surface area contributed by atoms with Crippen LogP contribution in [0.4, 0.5) is 0 Å². The lowest BCUT2D eigenvalue weighted by Crippen LogP contribution is -2.33. The lowest BCUT2D eigenvalue weighted by atomic mass is 10.1. The Kier molecular flexibility index (Phi) is 6.59. The molecule has 1 N–H and O–H groups in total. The highest BCUT2D eigenvalue weighted by molar-refractivity contribution is 5.48. The predicted molar refractivity (Wildman–Crippen MR) is 85.5 cm³/mol. The average Bonchev–Trinajstić information content (AvgIpc) is 2.51. The van der Waals surface area contributed by atoms with Crippen LogP contribution in [0.5, 0.6) is 5.75 Å². The average molecular weight is 287 g/mol. The molecule has 1 saturated heterocycles. The number of aliphatic hydroxyl groups excluding tert-OH is 1. The van der Waals surface area contributed by atoms with Crippen LogP contribution in [0.2, 0.25) is 0 Å². The summed E-state index contributed by atoms with van der Waals surface area (Å²) in [5.41, 5.74) is 2.09. The second kappa shape index (κ2) is 8.71. The molecular formula is C18H25NO2. The highest BCUT2D eigenvalue weighted by Gasteiger charge is 2.10. The van der Waals surface area contributed by atoms with E-state index >= 15 is 0 Å². The van der Waals surface area contributed by atoms with Gasteiger partial charge in [-0.05, 0) is 50.6 Å². The maximum atomic E-state index is 8.81. The van der Waals surface area contributed by atoms with Crippen LogP contribution in [0.25, 0.3) is 0 Å². The minimum atomic E-state index is 0.101. The minimum Gasteiger partial charge on any atom is -0.491 e. The van der Waals surface area contributed by atoms with Gasteiger partial charge in [0.25, 0.3) is 0 Å². The van der Waals surface area contributed by atoms with Gasteiger partial charge >= 0.3 is 0 Å². The zero-order chi connectivity index (χ0) is 14.9. The number of benzene rings is 1. The van der Waals surface area contributed by atoms with Gasteiger partial charge in [-0.25, -0.2) is 0 Å². The van der Waals surface area contributed by atoms with Crippen LogP contribution in [0.15, 0.2) is 18.2 Å². The molecule has 1 aromatic rings. The van der Waals surface area contributed by atoms with E-state index in [-0.39, 0.29) is 6.61 Å². The molecule has 0 amide bonds. The maximum Gasteiger partial charge on any atom is 0.134 e. The summed E-state index contributed by atoms with van der Waals surface area (Å²) in [6, 6.07) is 6.09. The van der Waals surface area contributed by atoms with Crippen LogP contribution in [0, 0.1) is 18.8 Å². The number of hydrogen-bond donors (Lipinski definition) is 1. The van der Waals surface area contributed by atoms with Gasteiger partial charge in [0.2, 0.25) is 0 Å². The predicted octanol–water partition coefficient (Wildman–Crippen LogP) is 2.59. The van der Waals surface area contributed by atoms with Crippen LogP contribution in [0.1, 0.15) is 36.8 Å². The van der Waals surface area contributed by atoms with Crippen molar-refractivity contribution in [2.24, 2.45) is 0 Å². The van der Waals surface area contributed by atoms with E-state index in [1.165, 1.54) is 37.9 Å². The number of aliphatic hydroxyl groups is 1. The molecule has 3 nitrogen and oxygen atoms in total. The normalized spacial score (nSPS) is 15.3. The molecule has 0 saturated carbocycles. The lowest BCUT2D eigenvalue weighted by molar-refractivity contribution is 0.183. The van der Waals surface area contributed by atoms with Crippen LogP contribution in [-0.4, -0.2) is 42.9 Å². The zero-order valence-electron chi connectivity index (χ0n) is 12.9. The summed E-state index contributed by atoms with van der Waals surface area (Å²) in [4.78, 5) is 2.47. The molecule has 0 aromatic heterocycles. The van der Waals surface area contributed by atoms with Crippen molar-refractivity contribution < 1.29 is 9.84 Å². The molecule has 1 fully saturated rings. The van der Waals surface area contributed by atoms with Crippen LogP contribution in [0.3, 0.4) is 0 Å². The number of piperidine rings is 1. The highest BCUT2D eigenvalue weighted by atomic mass is 16.5. The fourth-order valence-corrected chi connectivity index (χ4v) is 2.55. The first kappa shape index (κ1) is 15.9. The molecule has 0 unspecified atom stereocenters. The van der Waals surface area contributed by atoms with Crippen LogP contribution >= 0.6 is 0 Å². The molecule has 1 aliphatic heterocycles. The number of ether oxygens (including phenoxy) is 1. The molecule has 0 spiro atoms. The summed E-state index contributed by atoms with van der Waals surface area (Å²) < 4.78 is 5.92. The van der Waals surface area contributed by atoms with E-state index in [9.17, 15) is 0 Å². The van der Waals surface area contributed by atoms with E-state index in [4.69, 9.17) is 9.84 Å². The van der Waals surface area contributed by atoms with Crippen LogP contribution < -0.4 is 4.74 Å². The Morgan fingerprint density at radius 1 is 1.24 bits per heavy atom. The van der Waals surface area contributed by atoms with E-state index in [2.05, 4.69) is 23.7 Å². The summed E-state index contributed by atoms with van der Waals surface area (Å²) in [6.45, 7) is 6.23. The SMILES string of the molecule is Cc1ccc(OCCN2CCCCC2)c(C#CCCO)c1. The summed E-state index contributed by atoms with van der Waals surface area (Å²) in [6.07, 6.45) is 4.48. The Morgan fingerprint density at radius 3 is 2.81 bits per heavy atom. The molecule has 1 heterocycles. The maximum absolute atomic E-state index is 8.81. The first-order valence-corrected chi connectivity index (χ1v) is 7.85. The van der Waals surface area contributed by atoms with Crippen molar-refractivity contribution in [1.29, 1.82) is 0 Å². The fourth-order valence-electron chi connectivity index (χ4n) is 2.55. The Morgan fingerprint density at radius 2 is 2.05 bits per heavy atom. The third kappa shape index (κ3) is 5.41. The molecule has 21 heavy (non-hydrogen) atoms. The topological polar surface area (TPSA) is 32.7 Å². The van der Waals surface area contributed by atoms with Crippen molar-refractivity contribution in [2.45, 2.75) is 32.6 Å². The number of likely N-dealkylation sites (tertiary alicyclic amines) is 1. The van der Waals surface area contributed by atoms with Gasteiger partial charge in [0.1, 0.15) is 12.4 Å². The quantitative estimate of drug-likeness (QED) is 0.845. The Labute approximate surface area is 127 Å². The standard InChI is InChI=1S/C18H25NO2/c1-16-8-9-18(17(15-16)7-3-6-13-20)21-14-12-19-10-4-2-5-11-19/h8-9,15,20H,2,4-6,10-14H2,1H3. The summed E-state index contributed by atoms with van der Waals surface area (Å²) in [7, 11) is 0. The van der Waals surface area contributed by atoms with Gasteiger partial charge in [-0.3, -0.25) is 4.90 Å². The van der Waals surface area contributed by atoms with Gasteiger partial charge in [0.15, 0.2) is 0 Å². The molecule has 1 aliphatic rings. The van der Waals surface area contributed by atoms with E-state index in [0.717, 1.165) is 17.9 Å². The third-order valence-electron chi connectivity index (χ3n) is 3.71. The first-order chi connectivity index (χ1) is 10.3. The van der Waals surface area contributed by atoms with Crippen molar-refractivity contribution in [3.05, 3.63) is 29.3 Å². The van der Waals surface area contributed by atoms with Gasteiger partial charge in [0, 0.05) is 13.0 Å². The second-order valence-electron chi connectivity index (χ2n) is 5.53. The third-order valence-corrected chi connectivity index (χ3v) is 3.71. The van der Waals surface area contributed by atoms with Crippen molar-refractivity contribution >= 4 is 0 Å². The van der Waals surface area contributed by atoms with E-state index in [1.54, 1.807) is 0 Å². The van der Waals surface area contributed by atoms with Gasteiger partial charge in [-0.1, -0.05) is 24.3 Å². The fraction of sp³-hybridized carbons (Fsp3) is 0.556. The molecule has 1 aromatic carbocycles. The molecule has 0 aliphatic carbocycles. The number of nitrogens with zero attached hydrogens (tertiary/aromatic N) is 1. The Bertz CT molecular complexity index is 496. The van der Waals surface area contributed by atoms with Gasteiger partial charge in [-0.15, -0.1) is 0 Å². The summed E-state index contributed by atoms with van der Waals surface area (Å²) in [5, 5.41) is 8.81. The minimum absolute atomic E-state index is 0.101. The van der Waals surface area contributed by atoms with Gasteiger partial charge < -0.3 is 9.84 Å². The van der Waals surface area contributed by atoms with Gasteiger partial charge in [-0.2, -0.15) is 0 Å². The van der Waals surface area contributed by atoms with E-state index in [0.29, 0.717) is 13.0 Å².